The van der Waals surface area contributed by atoms with E-state index in [0.717, 1.165) is 0 Å². The van der Waals surface area contributed by atoms with Gasteiger partial charge in [-0.1, -0.05) is 0 Å². The molecule has 2 saturated heterocycles. The quantitative estimate of drug-likeness (QED) is 0.322. The molecule has 0 spiro atoms. The van der Waals surface area contributed by atoms with Crippen molar-refractivity contribution in [2.24, 2.45) is 0 Å². The Bertz CT molecular complexity index is 848. The zero-order valence-corrected chi connectivity index (χ0v) is 16.8. The number of rotatable bonds is 8. The van der Waals surface area contributed by atoms with E-state index < -0.39 is 18.2 Å². The number of quaternary nitrogens is 1. The van der Waals surface area contributed by atoms with Crippen LogP contribution in [0.25, 0.3) is 0 Å². The average molecular weight is 395 g/mol. The molecule has 2 aromatic rings. The Balaban J connectivity index is 2.00. The summed E-state index contributed by atoms with van der Waals surface area (Å²) in [6, 6.07) is 18.7. The van der Waals surface area contributed by atoms with Crippen LogP contribution in [0.3, 0.4) is 0 Å². The Hall–Kier alpha value is -1.35. The van der Waals surface area contributed by atoms with Crippen LogP contribution >= 0.6 is 7.23 Å². The van der Waals surface area contributed by atoms with Crippen molar-refractivity contribution in [3.63, 3.8) is 0 Å². The molecule has 2 atom stereocenters. The van der Waals surface area contributed by atoms with Crippen molar-refractivity contribution >= 4 is 25.1 Å². The number of nitrogens with zero attached hydrogens (tertiary/aromatic N) is 1. The van der Waals surface area contributed by atoms with Crippen LogP contribution in [-0.4, -0.2) is 36.0 Å². The van der Waals surface area contributed by atoms with E-state index in [4.69, 9.17) is 22.6 Å². The van der Waals surface area contributed by atoms with Gasteiger partial charge in [0, 0.05) is 0 Å². The van der Waals surface area contributed by atoms with E-state index in [0.29, 0.717) is 11.2 Å². The van der Waals surface area contributed by atoms with Crippen LogP contribution in [0.2, 0.25) is 0 Å². The van der Waals surface area contributed by atoms with Crippen molar-refractivity contribution < 1.29 is 27.7 Å². The summed E-state index contributed by atoms with van der Waals surface area (Å²) in [6.07, 6.45) is 0. The van der Waals surface area contributed by atoms with Crippen LogP contribution in [0.4, 0.5) is 5.69 Å². The third-order valence-corrected chi connectivity index (χ3v) is 10.9. The molecule has 2 aromatic carbocycles. The molecule has 148 valence electrons. The molecule has 2 aliphatic heterocycles. The number of benzene rings is 2. The van der Waals surface area contributed by atoms with Gasteiger partial charge in [0.25, 0.3) is 0 Å². The van der Waals surface area contributed by atoms with E-state index in [1.54, 1.807) is 0 Å². The maximum absolute atomic E-state index is 11.8. The fraction of sp³-hybridized carbons (Fsp3) is 0.333. The molecule has 0 saturated carbocycles. The van der Waals surface area contributed by atoms with Crippen LogP contribution in [0.15, 0.2) is 60.7 Å². The van der Waals surface area contributed by atoms with Gasteiger partial charge in [0.15, 0.2) is 0 Å². The monoisotopic (exact) mass is 395 g/mol. The van der Waals surface area contributed by atoms with E-state index in [9.17, 15) is 5.02 Å². The summed E-state index contributed by atoms with van der Waals surface area (Å²) in [5, 5.41) is 11.8. The van der Waals surface area contributed by atoms with Crippen molar-refractivity contribution in [2.75, 3.05) is 19.8 Å². The van der Waals surface area contributed by atoms with Gasteiger partial charge in [-0.2, -0.15) is 0 Å². The van der Waals surface area contributed by atoms with Gasteiger partial charge < -0.3 is 0 Å². The molecule has 0 unspecified atom stereocenters. The third kappa shape index (κ3) is 1.85. The van der Waals surface area contributed by atoms with Gasteiger partial charge >= 0.3 is 158 Å². The van der Waals surface area contributed by atoms with Crippen LogP contribution in [0.5, 0.6) is 0 Å². The Labute approximate surface area is 158 Å². The molecular formula is C18H27BNO6P. The van der Waals surface area contributed by atoms with E-state index in [2.05, 4.69) is 0 Å². The number of hydrogen-bond donors (Lipinski definition) is 1. The van der Waals surface area contributed by atoms with E-state index in [1.807, 2.05) is 81.4 Å². The fourth-order valence-corrected chi connectivity index (χ4v) is 10.8. The van der Waals surface area contributed by atoms with E-state index in [1.165, 1.54) is 0 Å². The second kappa shape index (κ2) is 5.60. The SMILES string of the molecule is CCO[P-]12(OCC)(OCC)O[N@@+]1(c1ccccc1)[B@@-](O)(c1ccccc1)[OH+]2. The molecule has 0 radical (unpaired) electrons. The first kappa shape index (κ1) is 19.0. The molecule has 2 fully saturated rings. The van der Waals surface area contributed by atoms with Crippen LogP contribution in [-0.2, 0) is 18.2 Å². The zero-order chi connectivity index (χ0) is 19.3. The summed E-state index contributed by atoms with van der Waals surface area (Å²) in [6.45, 7) is 3.76. The second-order valence-electron chi connectivity index (χ2n) is 6.74. The van der Waals surface area contributed by atoms with Crippen LogP contribution < -0.4 is 9.79 Å². The summed E-state index contributed by atoms with van der Waals surface area (Å²) >= 11 is 0. The predicted octanol–water partition coefficient (Wildman–Crippen LogP) is 3.01. The minimum absolute atomic E-state index is 0.271. The molecule has 0 bridgehead atoms. The molecular weight excluding hydrogens is 368 g/mol. The van der Waals surface area contributed by atoms with Gasteiger partial charge in [-0.3, -0.25) is 0 Å². The molecule has 2 heterocycles. The van der Waals surface area contributed by atoms with Gasteiger partial charge in [-0.15, -0.1) is 0 Å². The predicted molar refractivity (Wildman–Crippen MR) is 107 cm³/mol. The Kier molecular flexibility index (Phi) is 3.94. The van der Waals surface area contributed by atoms with Gasteiger partial charge in [0.1, 0.15) is 0 Å². The summed E-state index contributed by atoms with van der Waals surface area (Å²) < 4.78 is 29.3. The van der Waals surface area contributed by atoms with Gasteiger partial charge in [0.2, 0.25) is 0 Å². The molecule has 2 N–H and O–H groups in total. The average Bonchev–Trinajstić information content (AvgIpc) is 3.15. The van der Waals surface area contributed by atoms with Crippen molar-refractivity contribution in [1.29, 1.82) is 0 Å². The zero-order valence-electron chi connectivity index (χ0n) is 15.9. The van der Waals surface area contributed by atoms with E-state index >= 15 is 0 Å². The topological polar surface area (TPSA) is 73.2 Å². The van der Waals surface area contributed by atoms with Gasteiger partial charge in [0.05, 0.1) is 0 Å². The normalized spacial score (nSPS) is 34.1. The maximum atomic E-state index is 11.8. The molecule has 4 rings (SSSR count). The summed E-state index contributed by atoms with van der Waals surface area (Å²) in [5.41, 5.74) is 1.32. The van der Waals surface area contributed by atoms with Crippen LogP contribution in [0.1, 0.15) is 20.8 Å². The van der Waals surface area contributed by atoms with E-state index in [-0.39, 0.29) is 19.8 Å². The first-order chi connectivity index (χ1) is 12.9. The number of hydrogen-bond acceptors (Lipinski definition) is 5. The molecule has 0 amide bonds. The van der Waals surface area contributed by atoms with Crippen molar-refractivity contribution in [3.05, 3.63) is 60.7 Å². The molecule has 2 aliphatic rings. The molecule has 0 aromatic heterocycles. The third-order valence-electron chi connectivity index (χ3n) is 5.36. The van der Waals surface area contributed by atoms with Crippen molar-refractivity contribution in [3.8, 4) is 0 Å². The standard InChI is InChI=1S/C18H27BNO6P/c1-4-22-27(23-5-2,24-6-3)20(26-27,18-15-11-8-12-16-18)19(21,25-27)17-13-9-7-10-14-17/h7-16,21,25H,4-6H2,1-3H3/t19-,20-/m1/s1. The molecule has 7 nitrogen and oxygen atoms in total. The number of fused-ring (bicyclic) bond motifs is 1. The molecule has 9 heteroatoms. The second-order valence-corrected chi connectivity index (χ2v) is 10.9. The first-order valence-corrected chi connectivity index (χ1v) is 11.7. The minimum atomic E-state index is -5.04. The summed E-state index contributed by atoms with van der Waals surface area (Å²) in [7, 11) is -5.04. The van der Waals surface area contributed by atoms with Gasteiger partial charge in [-0.05, 0) is 0 Å². The van der Waals surface area contributed by atoms with Gasteiger partial charge in [-0.25, -0.2) is 0 Å². The van der Waals surface area contributed by atoms with Crippen molar-refractivity contribution in [2.45, 2.75) is 20.8 Å². The Morgan fingerprint density at radius 1 is 0.889 bits per heavy atom. The Morgan fingerprint density at radius 2 is 1.37 bits per heavy atom. The summed E-state index contributed by atoms with van der Waals surface area (Å²) in [5.74, 6) is 0. The van der Waals surface area contributed by atoms with Crippen molar-refractivity contribution in [1.82, 2.24) is 4.33 Å². The van der Waals surface area contributed by atoms with Crippen LogP contribution in [0, 0.1) is 0 Å². The first-order valence-electron chi connectivity index (χ1n) is 9.41. The molecule has 27 heavy (non-hydrogen) atoms. The molecule has 0 aliphatic carbocycles. The Morgan fingerprint density at radius 3 is 1.85 bits per heavy atom. The fourth-order valence-electron chi connectivity index (χ4n) is 4.58. The summed E-state index contributed by atoms with van der Waals surface area (Å²) in [4.78, 5) is 0.